The third-order valence-corrected chi connectivity index (χ3v) is 5.20. The van der Waals surface area contributed by atoms with Gasteiger partial charge in [0.05, 0.1) is 10.0 Å². The Morgan fingerprint density at radius 3 is 1.36 bits per heavy atom. The predicted molar refractivity (Wildman–Crippen MR) is 123 cm³/mol. The van der Waals surface area contributed by atoms with Crippen LogP contribution in [0.2, 0.25) is 10.0 Å². The molecule has 0 unspecified atom stereocenters. The van der Waals surface area contributed by atoms with E-state index in [9.17, 15) is 0 Å². The second-order valence-electron chi connectivity index (χ2n) is 6.73. The highest BCUT2D eigenvalue weighted by molar-refractivity contribution is 6.42. The lowest BCUT2D eigenvalue weighted by Crippen LogP contribution is -1.79. The van der Waals surface area contributed by atoms with Gasteiger partial charge >= 0.3 is 0 Å². The van der Waals surface area contributed by atoms with E-state index in [-0.39, 0.29) is 0 Å². The largest absolute Gasteiger partial charge is 0.0827 e. The molecule has 4 aromatic rings. The predicted octanol–water partition coefficient (Wildman–Crippen LogP) is 8.63. The Labute approximate surface area is 177 Å². The van der Waals surface area contributed by atoms with E-state index in [4.69, 9.17) is 23.2 Å². The molecule has 28 heavy (non-hydrogen) atoms. The van der Waals surface area contributed by atoms with Crippen molar-refractivity contribution in [3.8, 4) is 22.3 Å². The molecule has 140 valence electrons. The van der Waals surface area contributed by atoms with E-state index < -0.39 is 0 Å². The number of benzene rings is 4. The molecular formula is C26H22Cl2. The van der Waals surface area contributed by atoms with Crippen molar-refractivity contribution in [1.29, 1.82) is 0 Å². The highest BCUT2D eigenvalue weighted by atomic mass is 35.5. The standard InChI is InChI=1S/C13H10Cl2.C13H12/c1-9-2-4-10(5-3-9)11-6-7-12(14)13(15)8-11;1-11-7-9-13(10-8-11)12-5-3-2-4-6-12/h2-8H,1H3;2-10H,1H3. The lowest BCUT2D eigenvalue weighted by atomic mass is 10.0. The van der Waals surface area contributed by atoms with Gasteiger partial charge in [-0.15, -0.1) is 0 Å². The molecule has 0 nitrogen and oxygen atoms in total. The molecule has 0 radical (unpaired) electrons. The van der Waals surface area contributed by atoms with E-state index in [1.807, 2.05) is 24.3 Å². The van der Waals surface area contributed by atoms with Gasteiger partial charge in [0.2, 0.25) is 0 Å². The fourth-order valence-corrected chi connectivity index (χ4v) is 3.10. The molecular weight excluding hydrogens is 383 g/mol. The summed E-state index contributed by atoms with van der Waals surface area (Å²) >= 11 is 11.8. The van der Waals surface area contributed by atoms with E-state index in [1.165, 1.54) is 22.3 Å². The Balaban J connectivity index is 0.000000162. The van der Waals surface area contributed by atoms with Gasteiger partial charge in [0.1, 0.15) is 0 Å². The maximum atomic E-state index is 5.96. The Kier molecular flexibility index (Phi) is 6.92. The number of hydrogen-bond donors (Lipinski definition) is 0. The van der Waals surface area contributed by atoms with Gasteiger partial charge in [0, 0.05) is 0 Å². The number of halogens is 2. The van der Waals surface area contributed by atoms with Crippen molar-refractivity contribution in [3.63, 3.8) is 0 Å². The number of aryl methyl sites for hydroxylation is 2. The molecule has 2 heteroatoms. The summed E-state index contributed by atoms with van der Waals surface area (Å²) in [6.07, 6.45) is 0. The van der Waals surface area contributed by atoms with Crippen LogP contribution >= 0.6 is 23.2 Å². The minimum atomic E-state index is 0.590. The average molecular weight is 405 g/mol. The first-order chi connectivity index (χ1) is 13.5. The molecule has 0 N–H and O–H groups in total. The molecule has 0 atom stereocenters. The molecule has 0 heterocycles. The molecule has 0 amide bonds. The second kappa shape index (κ2) is 9.59. The first-order valence-corrected chi connectivity index (χ1v) is 9.93. The molecule has 0 fully saturated rings. The van der Waals surface area contributed by atoms with Gasteiger partial charge in [0.15, 0.2) is 0 Å². The monoisotopic (exact) mass is 404 g/mol. The van der Waals surface area contributed by atoms with Crippen LogP contribution in [-0.4, -0.2) is 0 Å². The van der Waals surface area contributed by atoms with Crippen LogP contribution in [0.4, 0.5) is 0 Å². The minimum absolute atomic E-state index is 0.590. The Bertz CT molecular complexity index is 1020. The molecule has 0 saturated heterocycles. The summed E-state index contributed by atoms with van der Waals surface area (Å²) in [4.78, 5) is 0. The lowest BCUT2D eigenvalue weighted by Gasteiger charge is -2.03. The third kappa shape index (κ3) is 5.48. The van der Waals surface area contributed by atoms with E-state index >= 15 is 0 Å². The quantitative estimate of drug-likeness (QED) is 0.313. The van der Waals surface area contributed by atoms with Crippen LogP contribution < -0.4 is 0 Å². The normalized spacial score (nSPS) is 10.1. The average Bonchev–Trinajstić information content (AvgIpc) is 2.72. The highest BCUT2D eigenvalue weighted by Gasteiger charge is 2.01. The van der Waals surface area contributed by atoms with Gasteiger partial charge in [-0.05, 0) is 48.2 Å². The Morgan fingerprint density at radius 1 is 0.429 bits per heavy atom. The minimum Gasteiger partial charge on any atom is -0.0827 e. The summed E-state index contributed by atoms with van der Waals surface area (Å²) in [5, 5.41) is 1.18. The lowest BCUT2D eigenvalue weighted by molar-refractivity contribution is 1.47. The molecule has 0 spiro atoms. The van der Waals surface area contributed by atoms with E-state index in [0.29, 0.717) is 10.0 Å². The number of hydrogen-bond acceptors (Lipinski definition) is 0. The molecule has 4 rings (SSSR count). The van der Waals surface area contributed by atoms with Crippen molar-refractivity contribution in [2.75, 3.05) is 0 Å². The van der Waals surface area contributed by atoms with E-state index in [0.717, 1.165) is 11.1 Å². The summed E-state index contributed by atoms with van der Waals surface area (Å²) in [6.45, 7) is 4.17. The van der Waals surface area contributed by atoms with Crippen LogP contribution in [0.25, 0.3) is 22.3 Å². The van der Waals surface area contributed by atoms with Crippen LogP contribution in [0, 0.1) is 13.8 Å². The maximum Gasteiger partial charge on any atom is 0.0598 e. The summed E-state index contributed by atoms with van der Waals surface area (Å²) in [7, 11) is 0. The van der Waals surface area contributed by atoms with Crippen LogP contribution in [0.3, 0.4) is 0 Å². The van der Waals surface area contributed by atoms with Crippen molar-refractivity contribution in [2.45, 2.75) is 13.8 Å². The second-order valence-corrected chi connectivity index (χ2v) is 7.54. The van der Waals surface area contributed by atoms with Crippen molar-refractivity contribution >= 4 is 23.2 Å². The van der Waals surface area contributed by atoms with E-state index in [1.54, 1.807) is 0 Å². The van der Waals surface area contributed by atoms with Crippen LogP contribution in [-0.2, 0) is 0 Å². The van der Waals surface area contributed by atoms with Gasteiger partial charge in [-0.25, -0.2) is 0 Å². The van der Waals surface area contributed by atoms with E-state index in [2.05, 4.69) is 86.6 Å². The summed E-state index contributed by atoms with van der Waals surface area (Å²) in [6, 6.07) is 33.0. The molecule has 0 saturated carbocycles. The van der Waals surface area contributed by atoms with Crippen LogP contribution in [0.15, 0.2) is 97.1 Å². The Morgan fingerprint density at radius 2 is 0.857 bits per heavy atom. The topological polar surface area (TPSA) is 0 Å². The molecule has 0 aliphatic heterocycles. The summed E-state index contributed by atoms with van der Waals surface area (Å²) in [5.41, 5.74) is 7.36. The molecule has 0 aromatic heterocycles. The molecule has 4 aromatic carbocycles. The van der Waals surface area contributed by atoms with Crippen molar-refractivity contribution < 1.29 is 0 Å². The summed E-state index contributed by atoms with van der Waals surface area (Å²) < 4.78 is 0. The molecule has 0 bridgehead atoms. The van der Waals surface area contributed by atoms with Crippen molar-refractivity contribution in [2.24, 2.45) is 0 Å². The van der Waals surface area contributed by atoms with Crippen molar-refractivity contribution in [1.82, 2.24) is 0 Å². The summed E-state index contributed by atoms with van der Waals surface area (Å²) in [5.74, 6) is 0. The fraction of sp³-hybridized carbons (Fsp3) is 0.0769. The van der Waals surface area contributed by atoms with Gasteiger partial charge in [-0.1, -0.05) is 119 Å². The van der Waals surface area contributed by atoms with Gasteiger partial charge < -0.3 is 0 Å². The zero-order valence-electron chi connectivity index (χ0n) is 16.0. The van der Waals surface area contributed by atoms with Crippen LogP contribution in [0.1, 0.15) is 11.1 Å². The van der Waals surface area contributed by atoms with Gasteiger partial charge in [-0.3, -0.25) is 0 Å². The zero-order valence-corrected chi connectivity index (χ0v) is 17.5. The molecule has 0 aliphatic rings. The molecule has 0 aliphatic carbocycles. The smallest absolute Gasteiger partial charge is 0.0598 e. The zero-order chi connectivity index (χ0) is 19.9. The third-order valence-electron chi connectivity index (χ3n) is 4.46. The number of rotatable bonds is 2. The van der Waals surface area contributed by atoms with Crippen LogP contribution in [0.5, 0.6) is 0 Å². The van der Waals surface area contributed by atoms with Gasteiger partial charge in [-0.2, -0.15) is 0 Å². The van der Waals surface area contributed by atoms with Gasteiger partial charge in [0.25, 0.3) is 0 Å². The first-order valence-electron chi connectivity index (χ1n) is 9.17. The fourth-order valence-electron chi connectivity index (χ4n) is 2.80. The maximum absolute atomic E-state index is 5.96. The SMILES string of the molecule is Cc1ccc(-c2ccc(Cl)c(Cl)c2)cc1.Cc1ccc(-c2ccccc2)cc1. The first kappa shape index (κ1) is 20.2. The Hall–Kier alpha value is -2.54. The highest BCUT2D eigenvalue weighted by Crippen LogP contribution is 2.28. The van der Waals surface area contributed by atoms with Crippen molar-refractivity contribution in [3.05, 3.63) is 118 Å².